The van der Waals surface area contributed by atoms with Gasteiger partial charge in [0.1, 0.15) is 6.04 Å². The third-order valence-electron chi connectivity index (χ3n) is 4.95. The first-order valence-corrected chi connectivity index (χ1v) is 9.42. The summed E-state index contributed by atoms with van der Waals surface area (Å²) in [5.74, 6) is -0.978. The monoisotopic (exact) mass is 391 g/mol. The number of anilines is 2. The number of carbonyl (C=O) groups excluding carboxylic acids is 3. The molecule has 29 heavy (non-hydrogen) atoms. The second kappa shape index (κ2) is 7.75. The molecule has 1 aromatic heterocycles. The molecule has 148 valence electrons. The number of carbonyl (C=O) groups is 3. The Balaban J connectivity index is 1.35. The lowest BCUT2D eigenvalue weighted by atomic mass is 10.1. The Labute approximate surface area is 167 Å². The number of hydrogen-bond acceptors (Lipinski definition) is 4. The maximum absolute atomic E-state index is 12.6. The minimum absolute atomic E-state index is 0.101. The molecule has 3 aromatic rings. The molecule has 1 aliphatic rings. The zero-order valence-corrected chi connectivity index (χ0v) is 15.9. The van der Waals surface area contributed by atoms with Crippen molar-refractivity contribution < 1.29 is 14.4 Å². The summed E-state index contributed by atoms with van der Waals surface area (Å²) in [5.41, 5.74) is 2.32. The van der Waals surface area contributed by atoms with Gasteiger partial charge in [-0.1, -0.05) is 30.3 Å². The first kappa shape index (κ1) is 18.7. The Kier molecular flexibility index (Phi) is 4.99. The molecule has 8 heteroatoms. The van der Waals surface area contributed by atoms with Gasteiger partial charge in [-0.3, -0.25) is 19.7 Å². The number of hydrogen-bond donors (Lipinski definition) is 3. The van der Waals surface area contributed by atoms with Gasteiger partial charge in [0.05, 0.1) is 17.0 Å². The van der Waals surface area contributed by atoms with E-state index in [1.54, 1.807) is 11.8 Å². The Morgan fingerprint density at radius 3 is 2.62 bits per heavy atom. The highest BCUT2D eigenvalue weighted by atomic mass is 16.2. The normalized spacial score (nSPS) is 17.3. The van der Waals surface area contributed by atoms with Gasteiger partial charge in [0, 0.05) is 18.7 Å². The molecule has 0 saturated carbocycles. The van der Waals surface area contributed by atoms with Crippen molar-refractivity contribution in [1.82, 2.24) is 15.3 Å². The summed E-state index contributed by atoms with van der Waals surface area (Å²) in [5, 5.41) is 5.37. The lowest BCUT2D eigenvalue weighted by Gasteiger charge is -2.18. The van der Waals surface area contributed by atoms with Gasteiger partial charge in [-0.25, -0.2) is 4.98 Å². The van der Waals surface area contributed by atoms with Gasteiger partial charge < -0.3 is 15.2 Å². The molecule has 2 heterocycles. The van der Waals surface area contributed by atoms with E-state index >= 15 is 0 Å². The number of rotatable bonds is 5. The summed E-state index contributed by atoms with van der Waals surface area (Å²) >= 11 is 0. The largest absolute Gasteiger partial charge is 0.344 e. The van der Waals surface area contributed by atoms with Gasteiger partial charge >= 0.3 is 0 Å². The Morgan fingerprint density at radius 1 is 1.14 bits per heavy atom. The van der Waals surface area contributed by atoms with Crippen LogP contribution in [-0.2, 0) is 14.4 Å². The second-order valence-corrected chi connectivity index (χ2v) is 7.06. The van der Waals surface area contributed by atoms with Crippen molar-refractivity contribution in [3.05, 3.63) is 54.6 Å². The number of nitrogens with zero attached hydrogens (tertiary/aromatic N) is 2. The summed E-state index contributed by atoms with van der Waals surface area (Å²) in [6, 6.07) is 15.9. The van der Waals surface area contributed by atoms with Crippen molar-refractivity contribution in [1.29, 1.82) is 0 Å². The summed E-state index contributed by atoms with van der Waals surface area (Å²) in [4.78, 5) is 46.2. The predicted octanol–water partition coefficient (Wildman–Crippen LogP) is 2.06. The lowest BCUT2D eigenvalue weighted by Crippen LogP contribution is -2.44. The van der Waals surface area contributed by atoms with Crippen molar-refractivity contribution in [3.63, 3.8) is 0 Å². The van der Waals surface area contributed by atoms with Gasteiger partial charge in [-0.2, -0.15) is 0 Å². The number of fused-ring (bicyclic) bond motifs is 1. The van der Waals surface area contributed by atoms with E-state index in [-0.39, 0.29) is 24.1 Å². The summed E-state index contributed by atoms with van der Waals surface area (Å²) in [6.07, 6.45) is 0.124. The van der Waals surface area contributed by atoms with Crippen LogP contribution in [0, 0.1) is 5.92 Å². The molecule has 0 aliphatic carbocycles. The molecule has 0 radical (unpaired) electrons. The van der Waals surface area contributed by atoms with Crippen LogP contribution < -0.4 is 15.5 Å². The van der Waals surface area contributed by atoms with Gasteiger partial charge in [0.2, 0.25) is 23.7 Å². The summed E-state index contributed by atoms with van der Waals surface area (Å²) in [6.45, 7) is 1.90. The van der Waals surface area contributed by atoms with E-state index in [0.717, 1.165) is 16.7 Å². The number of benzene rings is 2. The summed E-state index contributed by atoms with van der Waals surface area (Å²) < 4.78 is 0. The minimum atomic E-state index is -0.767. The molecule has 1 saturated heterocycles. The molecule has 2 aromatic carbocycles. The minimum Gasteiger partial charge on any atom is -0.344 e. The van der Waals surface area contributed by atoms with Gasteiger partial charge in [0.25, 0.3) is 0 Å². The number of aromatic nitrogens is 2. The smallest absolute Gasteiger partial charge is 0.248 e. The Morgan fingerprint density at radius 2 is 1.86 bits per heavy atom. The van der Waals surface area contributed by atoms with Crippen molar-refractivity contribution in [3.8, 4) is 0 Å². The fraction of sp³-hybridized carbons (Fsp3) is 0.238. The number of imidazole rings is 1. The van der Waals surface area contributed by atoms with Crippen molar-refractivity contribution in [2.24, 2.45) is 5.92 Å². The van der Waals surface area contributed by atoms with Crippen LogP contribution in [0.3, 0.4) is 0 Å². The molecule has 0 bridgehead atoms. The molecular weight excluding hydrogens is 370 g/mol. The van der Waals surface area contributed by atoms with E-state index in [4.69, 9.17) is 0 Å². The predicted molar refractivity (Wildman–Crippen MR) is 109 cm³/mol. The van der Waals surface area contributed by atoms with E-state index in [1.807, 2.05) is 54.6 Å². The van der Waals surface area contributed by atoms with Crippen LogP contribution in [0.5, 0.6) is 0 Å². The van der Waals surface area contributed by atoms with Crippen LogP contribution in [0.1, 0.15) is 13.3 Å². The highest BCUT2D eigenvalue weighted by Crippen LogP contribution is 2.25. The third-order valence-corrected chi connectivity index (χ3v) is 4.95. The van der Waals surface area contributed by atoms with E-state index in [1.165, 1.54) is 0 Å². The molecule has 1 fully saturated rings. The van der Waals surface area contributed by atoms with Crippen LogP contribution in [0.4, 0.5) is 11.6 Å². The zero-order chi connectivity index (χ0) is 20.4. The van der Waals surface area contributed by atoms with Crippen molar-refractivity contribution in [2.75, 3.05) is 16.8 Å². The molecule has 0 unspecified atom stereocenters. The molecule has 2 atom stereocenters. The maximum atomic E-state index is 12.6. The highest BCUT2D eigenvalue weighted by molar-refractivity contribution is 6.02. The standard InChI is InChI=1S/C21H21N5O3/c1-13(19(28)25-21-23-16-9-5-6-10-17(16)24-21)22-20(29)14-11-18(27)26(12-14)15-7-3-2-4-8-15/h2-10,13-14H,11-12H2,1H3,(H,22,29)(H2,23,24,25,28)/t13-,14+/m0/s1. The highest BCUT2D eigenvalue weighted by Gasteiger charge is 2.36. The number of amides is 3. The molecule has 4 rings (SSSR count). The number of H-pyrrole nitrogens is 1. The van der Waals surface area contributed by atoms with E-state index < -0.39 is 12.0 Å². The van der Waals surface area contributed by atoms with Crippen LogP contribution in [0.25, 0.3) is 11.0 Å². The van der Waals surface area contributed by atoms with Gasteiger partial charge in [-0.05, 0) is 31.2 Å². The first-order valence-electron chi connectivity index (χ1n) is 9.42. The Hall–Kier alpha value is -3.68. The van der Waals surface area contributed by atoms with Crippen molar-refractivity contribution >= 4 is 40.4 Å². The van der Waals surface area contributed by atoms with E-state index in [2.05, 4.69) is 20.6 Å². The number of para-hydroxylation sites is 3. The third kappa shape index (κ3) is 3.96. The van der Waals surface area contributed by atoms with Gasteiger partial charge in [-0.15, -0.1) is 0 Å². The van der Waals surface area contributed by atoms with Crippen LogP contribution in [0.15, 0.2) is 54.6 Å². The van der Waals surface area contributed by atoms with Crippen LogP contribution >= 0.6 is 0 Å². The fourth-order valence-electron chi connectivity index (χ4n) is 3.37. The quantitative estimate of drug-likeness (QED) is 0.619. The van der Waals surface area contributed by atoms with E-state index in [9.17, 15) is 14.4 Å². The van der Waals surface area contributed by atoms with Gasteiger partial charge in [0.15, 0.2) is 0 Å². The molecule has 3 amide bonds. The first-order chi connectivity index (χ1) is 14.0. The van der Waals surface area contributed by atoms with Crippen molar-refractivity contribution in [2.45, 2.75) is 19.4 Å². The molecule has 3 N–H and O–H groups in total. The summed E-state index contributed by atoms with van der Waals surface area (Å²) in [7, 11) is 0. The zero-order valence-electron chi connectivity index (χ0n) is 15.9. The molecule has 0 spiro atoms. The van der Waals surface area contributed by atoms with E-state index in [0.29, 0.717) is 12.5 Å². The second-order valence-electron chi connectivity index (χ2n) is 7.06. The number of aromatic amines is 1. The SMILES string of the molecule is C[C@H](NC(=O)[C@@H]1CC(=O)N(c2ccccc2)C1)C(=O)Nc1nc2ccccc2[nH]1. The molecule has 1 aliphatic heterocycles. The average Bonchev–Trinajstić information content (AvgIpc) is 3.31. The number of nitrogens with one attached hydrogen (secondary N) is 3. The lowest BCUT2D eigenvalue weighted by molar-refractivity contribution is -0.129. The molecular formula is C21H21N5O3. The maximum Gasteiger partial charge on any atom is 0.248 e. The average molecular weight is 391 g/mol. The topological polar surface area (TPSA) is 107 Å². The van der Waals surface area contributed by atoms with Crippen LogP contribution in [0.2, 0.25) is 0 Å². The Bertz CT molecular complexity index is 1030. The van der Waals surface area contributed by atoms with Crippen LogP contribution in [-0.4, -0.2) is 40.3 Å². The fourth-order valence-corrected chi connectivity index (χ4v) is 3.37. The molecule has 8 nitrogen and oxygen atoms in total.